The Bertz CT molecular complexity index is 1550. The summed E-state index contributed by atoms with van der Waals surface area (Å²) < 4.78 is 3.42. The molecule has 12 nitrogen and oxygen atoms in total. The summed E-state index contributed by atoms with van der Waals surface area (Å²) in [5.41, 5.74) is 4.82. The van der Waals surface area contributed by atoms with E-state index in [-0.39, 0.29) is 23.6 Å². The average Bonchev–Trinajstić information content (AvgIpc) is 3.54. The van der Waals surface area contributed by atoms with E-state index in [0.717, 1.165) is 60.4 Å². The number of nitrogens with zero attached hydrogens (tertiary/aromatic N) is 8. The summed E-state index contributed by atoms with van der Waals surface area (Å²) in [5, 5.41) is 28.9. The van der Waals surface area contributed by atoms with Crippen LogP contribution in [-0.4, -0.2) is 69.3 Å². The van der Waals surface area contributed by atoms with Gasteiger partial charge in [-0.25, -0.2) is 14.6 Å². The molecule has 0 spiro atoms. The maximum absolute atomic E-state index is 13.3. The van der Waals surface area contributed by atoms with Crippen LogP contribution in [0.1, 0.15) is 67.7 Å². The third kappa shape index (κ3) is 5.84. The van der Waals surface area contributed by atoms with Crippen molar-refractivity contribution in [2.45, 2.75) is 70.3 Å². The van der Waals surface area contributed by atoms with E-state index in [1.165, 1.54) is 0 Å². The van der Waals surface area contributed by atoms with Crippen molar-refractivity contribution in [3.05, 3.63) is 65.9 Å². The van der Waals surface area contributed by atoms with Gasteiger partial charge in [-0.05, 0) is 63.3 Å². The fraction of sp³-hybridized carbons (Fsp3) is 0.448. The van der Waals surface area contributed by atoms with Gasteiger partial charge < -0.3 is 15.7 Å². The minimum atomic E-state index is -0.265. The molecule has 1 aromatic carbocycles. The van der Waals surface area contributed by atoms with Crippen LogP contribution in [0.5, 0.6) is 0 Å². The van der Waals surface area contributed by atoms with E-state index >= 15 is 0 Å². The minimum absolute atomic E-state index is 0.186. The van der Waals surface area contributed by atoms with Gasteiger partial charge in [0.25, 0.3) is 5.91 Å². The molecule has 41 heavy (non-hydrogen) atoms. The molecule has 0 saturated heterocycles. The van der Waals surface area contributed by atoms with E-state index < -0.39 is 0 Å². The lowest BCUT2D eigenvalue weighted by Crippen LogP contribution is -2.47. The zero-order valence-corrected chi connectivity index (χ0v) is 23.8. The maximum Gasteiger partial charge on any atom is 0.273 e. The smallest absolute Gasteiger partial charge is 0.273 e. The Morgan fingerprint density at radius 3 is 2.68 bits per heavy atom. The molecule has 0 unspecified atom stereocenters. The first kappa shape index (κ1) is 27.0. The molecule has 1 atom stereocenters. The number of rotatable bonds is 6. The minimum Gasteiger partial charge on any atom is -0.393 e. The van der Waals surface area contributed by atoms with Crippen molar-refractivity contribution in [2.75, 3.05) is 11.9 Å². The fourth-order valence-corrected chi connectivity index (χ4v) is 5.43. The Morgan fingerprint density at radius 1 is 1.15 bits per heavy atom. The lowest BCUT2D eigenvalue weighted by atomic mass is 9.88. The van der Waals surface area contributed by atoms with E-state index in [2.05, 4.69) is 48.1 Å². The number of anilines is 2. The van der Waals surface area contributed by atoms with E-state index in [1.54, 1.807) is 28.0 Å². The van der Waals surface area contributed by atoms with Crippen molar-refractivity contribution in [3.8, 4) is 11.3 Å². The Kier molecular flexibility index (Phi) is 7.04. The van der Waals surface area contributed by atoms with E-state index in [9.17, 15) is 9.90 Å². The molecule has 214 valence electrons. The Labute approximate surface area is 238 Å². The molecule has 0 radical (unpaired) electrons. The van der Waals surface area contributed by atoms with Crippen LogP contribution >= 0.6 is 0 Å². The van der Waals surface area contributed by atoms with Gasteiger partial charge in [0.2, 0.25) is 5.95 Å². The largest absolute Gasteiger partial charge is 0.393 e. The van der Waals surface area contributed by atoms with Gasteiger partial charge in [0.15, 0.2) is 5.69 Å². The number of aliphatic hydroxyl groups excluding tert-OH is 1. The summed E-state index contributed by atoms with van der Waals surface area (Å²) in [6.45, 7) is 7.60. The summed E-state index contributed by atoms with van der Waals surface area (Å²) in [5.74, 6) is 0.249. The predicted molar refractivity (Wildman–Crippen MR) is 153 cm³/mol. The summed E-state index contributed by atoms with van der Waals surface area (Å²) >= 11 is 0. The molecular formula is C29H36N10O2. The van der Waals surface area contributed by atoms with Crippen LogP contribution in [0.2, 0.25) is 0 Å². The van der Waals surface area contributed by atoms with Crippen molar-refractivity contribution < 1.29 is 9.90 Å². The highest BCUT2D eigenvalue weighted by atomic mass is 16.3. The maximum atomic E-state index is 13.3. The number of hydrogen-bond donors (Lipinski definition) is 3. The molecule has 0 bridgehead atoms. The highest BCUT2D eigenvalue weighted by Gasteiger charge is 2.35. The number of fused-ring (bicyclic) bond motifs is 1. The van der Waals surface area contributed by atoms with Gasteiger partial charge >= 0.3 is 0 Å². The van der Waals surface area contributed by atoms with Crippen molar-refractivity contribution in [2.24, 2.45) is 7.05 Å². The zero-order valence-electron chi connectivity index (χ0n) is 23.8. The molecule has 4 aromatic rings. The second-order valence-corrected chi connectivity index (χ2v) is 12.0. The quantitative estimate of drug-likeness (QED) is 0.327. The molecule has 1 saturated carbocycles. The number of hydrogen-bond acceptors (Lipinski definition) is 9. The molecule has 1 fully saturated rings. The molecular weight excluding hydrogens is 520 g/mol. The highest BCUT2D eigenvalue weighted by Crippen LogP contribution is 2.35. The molecule has 3 N–H and O–H groups in total. The first-order valence-corrected chi connectivity index (χ1v) is 14.0. The van der Waals surface area contributed by atoms with Gasteiger partial charge in [-0.3, -0.25) is 14.4 Å². The molecule has 12 heteroatoms. The molecule has 3 aromatic heterocycles. The average molecular weight is 557 g/mol. The summed E-state index contributed by atoms with van der Waals surface area (Å²) in [6, 6.07) is 8.34. The highest BCUT2D eigenvalue weighted by molar-refractivity contribution is 5.92. The molecule has 1 aliphatic heterocycles. The number of carbonyl (C=O) groups excluding carboxylic acids is 1. The van der Waals surface area contributed by atoms with Crippen LogP contribution in [0.15, 0.2) is 49.1 Å². The number of aliphatic hydroxyl groups is 1. The van der Waals surface area contributed by atoms with Crippen LogP contribution in [0, 0.1) is 0 Å². The van der Waals surface area contributed by atoms with Gasteiger partial charge in [-0.15, -0.1) is 5.10 Å². The normalized spacial score (nSPS) is 21.0. The van der Waals surface area contributed by atoms with Crippen molar-refractivity contribution >= 4 is 17.5 Å². The number of benzene rings is 1. The third-order valence-electron chi connectivity index (χ3n) is 7.83. The molecule has 6 rings (SSSR count). The van der Waals surface area contributed by atoms with Crippen molar-refractivity contribution in [1.29, 1.82) is 0 Å². The van der Waals surface area contributed by atoms with Crippen molar-refractivity contribution in [1.82, 2.24) is 45.0 Å². The monoisotopic (exact) mass is 556 g/mol. The van der Waals surface area contributed by atoms with Crippen LogP contribution in [0.25, 0.3) is 11.3 Å². The summed E-state index contributed by atoms with van der Waals surface area (Å²) in [4.78, 5) is 24.8. The standard InChI is InChI=1S/C29H36N10O2/c1-29(2,3)39-17-26(35-36-39)27(41)33-25-8-10-38(21-12-22(40)13-21)15-19-11-18(5-6-23(19)25)24-7-9-30-28(34-24)32-20-14-31-37(4)16-20/h5-7,9,11,14,16-17,21-22,25,40H,8,10,12-13,15H2,1-4H3,(H,33,41)(H,30,32,34)/t21?,22?,25-/m1/s1. The summed E-state index contributed by atoms with van der Waals surface area (Å²) in [7, 11) is 1.86. The lowest BCUT2D eigenvalue weighted by molar-refractivity contribution is -0.00199. The van der Waals surface area contributed by atoms with Crippen LogP contribution < -0.4 is 10.6 Å². The van der Waals surface area contributed by atoms with Gasteiger partial charge in [0, 0.05) is 44.1 Å². The van der Waals surface area contributed by atoms with Crippen LogP contribution in [0.3, 0.4) is 0 Å². The number of aryl methyl sites for hydroxylation is 1. The predicted octanol–water partition coefficient (Wildman–Crippen LogP) is 3.17. The molecule has 2 aliphatic rings. The van der Waals surface area contributed by atoms with Crippen molar-refractivity contribution in [3.63, 3.8) is 0 Å². The number of nitrogens with one attached hydrogen (secondary N) is 2. The fourth-order valence-electron chi connectivity index (χ4n) is 5.43. The zero-order chi connectivity index (χ0) is 28.7. The molecule has 4 heterocycles. The Balaban J connectivity index is 1.28. The van der Waals surface area contributed by atoms with Gasteiger partial charge in [-0.2, -0.15) is 5.10 Å². The molecule has 1 aliphatic carbocycles. The number of amides is 1. The first-order chi connectivity index (χ1) is 19.6. The van der Waals surface area contributed by atoms with E-state index in [1.807, 2.05) is 46.1 Å². The second-order valence-electron chi connectivity index (χ2n) is 12.0. The van der Waals surface area contributed by atoms with Crippen LogP contribution in [0.4, 0.5) is 11.6 Å². The summed E-state index contributed by atoms with van der Waals surface area (Å²) in [6.07, 6.45) is 9.10. The number of aromatic nitrogens is 7. The van der Waals surface area contributed by atoms with E-state index in [0.29, 0.717) is 17.7 Å². The lowest BCUT2D eigenvalue weighted by Gasteiger charge is -2.40. The van der Waals surface area contributed by atoms with Gasteiger partial charge in [0.05, 0.1) is 41.5 Å². The topological polar surface area (TPSA) is 139 Å². The second kappa shape index (κ2) is 10.7. The third-order valence-corrected chi connectivity index (χ3v) is 7.83. The molecule has 1 amide bonds. The van der Waals surface area contributed by atoms with Gasteiger partial charge in [0.1, 0.15) is 0 Å². The Morgan fingerprint density at radius 2 is 1.98 bits per heavy atom. The van der Waals surface area contributed by atoms with Gasteiger partial charge in [-0.1, -0.05) is 17.3 Å². The SMILES string of the molecule is Cn1cc(Nc2nccc(-c3ccc4c(c3)CN(C3CC(O)C3)CC[C@H]4NC(=O)c3cn(C(C)(C)C)nn3)n2)cn1. The first-order valence-electron chi connectivity index (χ1n) is 14.0. The van der Waals surface area contributed by atoms with E-state index in [4.69, 9.17) is 4.98 Å². The number of carbonyl (C=O) groups is 1. The van der Waals surface area contributed by atoms with Crippen LogP contribution in [-0.2, 0) is 19.1 Å². The Hall–Kier alpha value is -4.16.